The molecule has 1 aliphatic heterocycles. The molecule has 5 aliphatic rings. The molecule has 1 heterocycles. The number of alkyl halides is 1. The van der Waals surface area contributed by atoms with E-state index < -0.39 is 10.8 Å². The standard InChI is InChI=1S/C29H49IOS2/c1-19(2)7-6-8-20(3)23-9-10-24-22-18-29(32-15-16-33(29)31)26-17-21(30)11-13-28(26,5)25(22)12-14-27(23,24)4/h19-26H,6-18H2,1-5H3/t20-,21+,22+,23-,24+,25+,26+,27-,28-,29+,33?/m1/s1. The van der Waals surface area contributed by atoms with Gasteiger partial charge < -0.3 is 0 Å². The first kappa shape index (κ1) is 25.9. The molecule has 4 heteroatoms. The summed E-state index contributed by atoms with van der Waals surface area (Å²) >= 11 is 4.89. The Bertz CT molecular complexity index is 756. The van der Waals surface area contributed by atoms with Gasteiger partial charge in [0.05, 0.1) is 4.08 Å². The van der Waals surface area contributed by atoms with Crippen LogP contribution in [0.5, 0.6) is 0 Å². The third-order valence-corrected chi connectivity index (χ3v) is 17.3. The maximum atomic E-state index is 13.7. The minimum atomic E-state index is -0.630. The second-order valence-corrected chi connectivity index (χ2v) is 19.0. The van der Waals surface area contributed by atoms with Crippen molar-refractivity contribution in [1.82, 2.24) is 0 Å². The molecule has 1 spiro atoms. The highest BCUT2D eigenvalue weighted by Gasteiger charge is 2.68. The Morgan fingerprint density at radius 2 is 1.73 bits per heavy atom. The Morgan fingerprint density at radius 1 is 1.00 bits per heavy atom. The zero-order chi connectivity index (χ0) is 23.6. The van der Waals surface area contributed by atoms with E-state index in [9.17, 15) is 4.21 Å². The molecular formula is C29H49IOS2. The normalized spacial score (nSPS) is 52.5. The van der Waals surface area contributed by atoms with Crippen LogP contribution in [0.1, 0.15) is 105 Å². The minimum Gasteiger partial charge on any atom is -0.258 e. The van der Waals surface area contributed by atoms with Crippen molar-refractivity contribution in [3.8, 4) is 0 Å². The Labute approximate surface area is 225 Å². The van der Waals surface area contributed by atoms with Crippen LogP contribution in [-0.2, 0) is 10.8 Å². The van der Waals surface area contributed by atoms with Gasteiger partial charge in [0.2, 0.25) is 0 Å². The summed E-state index contributed by atoms with van der Waals surface area (Å²) in [6, 6.07) is 0. The smallest absolute Gasteiger partial charge is 0.0945 e. The van der Waals surface area contributed by atoms with Gasteiger partial charge in [0.1, 0.15) is 0 Å². The van der Waals surface area contributed by atoms with E-state index in [4.69, 9.17) is 0 Å². The van der Waals surface area contributed by atoms with Gasteiger partial charge in [0.25, 0.3) is 0 Å². The van der Waals surface area contributed by atoms with Crippen LogP contribution in [-0.4, -0.2) is 23.7 Å². The molecule has 33 heavy (non-hydrogen) atoms. The molecule has 0 radical (unpaired) electrons. The van der Waals surface area contributed by atoms with E-state index in [0.717, 1.165) is 50.9 Å². The molecule has 4 aliphatic carbocycles. The average Bonchev–Trinajstić information content (AvgIpc) is 3.29. The molecule has 0 N–H and O–H groups in total. The van der Waals surface area contributed by atoms with Crippen molar-refractivity contribution < 1.29 is 4.21 Å². The van der Waals surface area contributed by atoms with Crippen molar-refractivity contribution in [3.05, 3.63) is 0 Å². The van der Waals surface area contributed by atoms with Crippen LogP contribution in [0.4, 0.5) is 0 Å². The van der Waals surface area contributed by atoms with Gasteiger partial charge in [-0.3, -0.25) is 4.21 Å². The van der Waals surface area contributed by atoms with E-state index in [1.165, 1.54) is 70.6 Å². The first-order valence-corrected chi connectivity index (χ1v) is 17.8. The van der Waals surface area contributed by atoms with Crippen molar-refractivity contribution >= 4 is 45.2 Å². The van der Waals surface area contributed by atoms with Gasteiger partial charge in [-0.25, -0.2) is 0 Å². The fourth-order valence-corrected chi connectivity index (χ4v) is 15.7. The highest BCUT2D eigenvalue weighted by atomic mass is 127. The first-order valence-electron chi connectivity index (χ1n) is 14.3. The maximum Gasteiger partial charge on any atom is 0.0945 e. The zero-order valence-electron chi connectivity index (χ0n) is 21.9. The predicted octanol–water partition coefficient (Wildman–Crippen LogP) is 8.71. The monoisotopic (exact) mass is 604 g/mol. The SMILES string of the molecule is CC(C)CCC[C@@H](C)[C@H]1CC[C@H]2[C@@H]3C[C@@]4(SCCS4=O)[C@H]4C[C@@H](I)CC[C@]4(C)[C@H]3CC[C@]12C. The lowest BCUT2D eigenvalue weighted by Gasteiger charge is -2.65. The largest absolute Gasteiger partial charge is 0.258 e. The molecule has 0 amide bonds. The molecule has 1 unspecified atom stereocenters. The lowest BCUT2D eigenvalue weighted by Crippen LogP contribution is -2.62. The quantitative estimate of drug-likeness (QED) is 0.231. The van der Waals surface area contributed by atoms with E-state index in [0.29, 0.717) is 16.7 Å². The van der Waals surface area contributed by atoms with E-state index in [1.54, 1.807) is 0 Å². The maximum absolute atomic E-state index is 13.7. The summed E-state index contributed by atoms with van der Waals surface area (Å²) in [7, 11) is -0.630. The van der Waals surface area contributed by atoms with Gasteiger partial charge in [-0.1, -0.05) is 76.5 Å². The summed E-state index contributed by atoms with van der Waals surface area (Å²) in [6.07, 6.45) is 15.5. The summed E-state index contributed by atoms with van der Waals surface area (Å²) in [6.45, 7) is 12.7. The molecule has 0 aromatic rings. The highest BCUT2D eigenvalue weighted by Crippen LogP contribution is 2.73. The highest BCUT2D eigenvalue weighted by molar-refractivity contribution is 14.1. The average molecular weight is 605 g/mol. The molecule has 11 atom stereocenters. The van der Waals surface area contributed by atoms with Crippen LogP contribution in [0.25, 0.3) is 0 Å². The Kier molecular flexibility index (Phi) is 7.46. The van der Waals surface area contributed by atoms with Crippen molar-refractivity contribution in [3.63, 3.8) is 0 Å². The molecule has 0 aromatic carbocycles. The van der Waals surface area contributed by atoms with Crippen LogP contribution in [0, 0.1) is 52.3 Å². The minimum absolute atomic E-state index is 0.0823. The van der Waals surface area contributed by atoms with Crippen molar-refractivity contribution in [2.45, 2.75) is 113 Å². The number of fused-ring (bicyclic) bond motifs is 6. The van der Waals surface area contributed by atoms with Crippen molar-refractivity contribution in [1.29, 1.82) is 0 Å². The van der Waals surface area contributed by atoms with Gasteiger partial charge in [-0.2, -0.15) is 0 Å². The summed E-state index contributed by atoms with van der Waals surface area (Å²) < 4.78 is 14.6. The van der Waals surface area contributed by atoms with Crippen LogP contribution < -0.4 is 0 Å². The summed E-state index contributed by atoms with van der Waals surface area (Å²) in [5, 5.41) is 0. The molecule has 5 rings (SSSR count). The molecule has 1 saturated heterocycles. The Balaban J connectivity index is 1.42. The van der Waals surface area contributed by atoms with E-state index in [1.807, 2.05) is 0 Å². The lowest BCUT2D eigenvalue weighted by molar-refractivity contribution is -0.115. The fourth-order valence-electron chi connectivity index (χ4n) is 10.2. The van der Waals surface area contributed by atoms with E-state index in [2.05, 4.69) is 69.0 Å². The van der Waals surface area contributed by atoms with Gasteiger partial charge in [-0.15, -0.1) is 11.8 Å². The van der Waals surface area contributed by atoms with E-state index >= 15 is 0 Å². The Morgan fingerprint density at radius 3 is 2.42 bits per heavy atom. The molecule has 4 saturated carbocycles. The van der Waals surface area contributed by atoms with Crippen LogP contribution in [0.15, 0.2) is 0 Å². The number of halogens is 1. The van der Waals surface area contributed by atoms with Crippen LogP contribution in [0.3, 0.4) is 0 Å². The number of hydrogen-bond donors (Lipinski definition) is 0. The van der Waals surface area contributed by atoms with Gasteiger partial charge in [0.15, 0.2) is 0 Å². The third kappa shape index (κ3) is 4.16. The van der Waals surface area contributed by atoms with Gasteiger partial charge >= 0.3 is 0 Å². The fraction of sp³-hybridized carbons (Fsp3) is 1.00. The number of rotatable bonds is 5. The third-order valence-electron chi connectivity index (χ3n) is 11.8. The number of hydrogen-bond acceptors (Lipinski definition) is 2. The predicted molar refractivity (Wildman–Crippen MR) is 154 cm³/mol. The first-order chi connectivity index (χ1) is 15.6. The topological polar surface area (TPSA) is 17.1 Å². The van der Waals surface area contributed by atoms with Crippen LogP contribution in [0.2, 0.25) is 0 Å². The zero-order valence-corrected chi connectivity index (χ0v) is 25.7. The molecule has 190 valence electrons. The summed E-state index contributed by atoms with van der Waals surface area (Å²) in [5.74, 6) is 8.03. The summed E-state index contributed by atoms with van der Waals surface area (Å²) in [4.78, 5) is 0. The molecule has 5 fully saturated rings. The Hall–Kier alpha value is 1.23. The number of thioether (sulfide) groups is 1. The molecule has 1 nitrogen and oxygen atoms in total. The van der Waals surface area contributed by atoms with Gasteiger partial charge in [-0.05, 0) is 104 Å². The summed E-state index contributed by atoms with van der Waals surface area (Å²) in [5.41, 5.74) is 0.966. The van der Waals surface area contributed by atoms with Crippen molar-refractivity contribution in [2.24, 2.45) is 52.3 Å². The van der Waals surface area contributed by atoms with Gasteiger partial charge in [0, 0.05) is 26.2 Å². The van der Waals surface area contributed by atoms with E-state index in [-0.39, 0.29) is 4.08 Å². The molecule has 0 aromatic heterocycles. The second-order valence-electron chi connectivity index (χ2n) is 13.8. The van der Waals surface area contributed by atoms with Crippen LogP contribution >= 0.6 is 34.4 Å². The molecular weight excluding hydrogens is 555 g/mol. The lowest BCUT2D eigenvalue weighted by atomic mass is 9.44. The van der Waals surface area contributed by atoms with Crippen molar-refractivity contribution in [2.75, 3.05) is 11.5 Å². The second kappa shape index (κ2) is 9.52. The molecule has 0 bridgehead atoms.